The molecule has 0 N–H and O–H groups in total. The van der Waals surface area contributed by atoms with Crippen molar-refractivity contribution < 1.29 is 4.79 Å². The summed E-state index contributed by atoms with van der Waals surface area (Å²) >= 11 is 1.43. The minimum Gasteiger partial charge on any atom is -0.298 e. The maximum atomic E-state index is 13.2. The van der Waals surface area contributed by atoms with Gasteiger partial charge in [0.05, 0.1) is 21.8 Å². The molecule has 4 rings (SSSR count). The molecule has 1 fully saturated rings. The van der Waals surface area contributed by atoms with Gasteiger partial charge in [0.1, 0.15) is 5.78 Å². The maximum Gasteiger partial charge on any atom is 0.266 e. The molecule has 26 heavy (non-hydrogen) atoms. The van der Waals surface area contributed by atoms with E-state index in [0.717, 1.165) is 30.5 Å². The summed E-state index contributed by atoms with van der Waals surface area (Å²) in [5.41, 5.74) is 2.49. The quantitative estimate of drug-likeness (QED) is 0.650. The molecule has 2 aromatic carbocycles. The van der Waals surface area contributed by atoms with Crippen molar-refractivity contribution in [3.8, 4) is 5.69 Å². The van der Waals surface area contributed by atoms with Gasteiger partial charge in [-0.3, -0.25) is 14.2 Å². The van der Waals surface area contributed by atoms with Crippen LogP contribution in [0.5, 0.6) is 0 Å². The van der Waals surface area contributed by atoms with Crippen LogP contribution in [0.25, 0.3) is 16.6 Å². The molecule has 0 amide bonds. The molecule has 1 heterocycles. The Labute approximate surface area is 156 Å². The first-order chi connectivity index (χ1) is 12.6. The maximum absolute atomic E-state index is 13.2. The van der Waals surface area contributed by atoms with E-state index in [2.05, 4.69) is 0 Å². The Morgan fingerprint density at radius 2 is 1.81 bits per heavy atom. The Morgan fingerprint density at radius 1 is 1.04 bits per heavy atom. The molecule has 0 saturated heterocycles. The fourth-order valence-electron chi connectivity index (χ4n) is 3.32. The molecule has 132 valence electrons. The number of Topliss-reactive ketones (excluding diaryl/α,β-unsaturated/α-hetero) is 1. The SMILES string of the molecule is Cc1ccc(-n2c(S[C@H]3CCCCC3=O)nc3ccccc3c2=O)cc1. The van der Waals surface area contributed by atoms with Crippen LogP contribution in [0, 0.1) is 6.92 Å². The summed E-state index contributed by atoms with van der Waals surface area (Å²) in [6.45, 7) is 2.02. The van der Waals surface area contributed by atoms with E-state index in [1.54, 1.807) is 10.6 Å². The largest absolute Gasteiger partial charge is 0.298 e. The second-order valence-electron chi connectivity index (χ2n) is 6.71. The summed E-state index contributed by atoms with van der Waals surface area (Å²) in [5.74, 6) is 0.263. The van der Waals surface area contributed by atoms with E-state index in [1.807, 2.05) is 49.4 Å². The highest BCUT2D eigenvalue weighted by molar-refractivity contribution is 8.00. The van der Waals surface area contributed by atoms with Gasteiger partial charge in [0.15, 0.2) is 5.16 Å². The summed E-state index contributed by atoms with van der Waals surface area (Å²) in [4.78, 5) is 30.2. The van der Waals surface area contributed by atoms with Crippen LogP contribution in [-0.2, 0) is 4.79 Å². The summed E-state index contributed by atoms with van der Waals surface area (Å²) < 4.78 is 1.65. The topological polar surface area (TPSA) is 52.0 Å². The van der Waals surface area contributed by atoms with E-state index in [-0.39, 0.29) is 16.6 Å². The van der Waals surface area contributed by atoms with Crippen molar-refractivity contribution in [1.82, 2.24) is 9.55 Å². The van der Waals surface area contributed by atoms with Crippen molar-refractivity contribution in [1.29, 1.82) is 0 Å². The molecule has 3 aromatic rings. The van der Waals surface area contributed by atoms with Crippen molar-refractivity contribution >= 4 is 28.4 Å². The average Bonchev–Trinajstić information content (AvgIpc) is 2.65. The molecular weight excluding hydrogens is 344 g/mol. The Kier molecular flexibility index (Phi) is 4.64. The number of thioether (sulfide) groups is 1. The lowest BCUT2D eigenvalue weighted by Gasteiger charge is -2.21. The number of carbonyl (C=O) groups excluding carboxylic acids is 1. The van der Waals surface area contributed by atoms with E-state index in [1.165, 1.54) is 11.8 Å². The third kappa shape index (κ3) is 3.19. The third-order valence-corrected chi connectivity index (χ3v) is 6.05. The number of fused-ring (bicyclic) bond motifs is 1. The smallest absolute Gasteiger partial charge is 0.266 e. The Bertz CT molecular complexity index is 1020. The third-order valence-electron chi connectivity index (χ3n) is 4.78. The zero-order valence-electron chi connectivity index (χ0n) is 14.6. The first-order valence-electron chi connectivity index (χ1n) is 8.92. The number of hydrogen-bond donors (Lipinski definition) is 0. The number of benzene rings is 2. The highest BCUT2D eigenvalue weighted by Gasteiger charge is 2.26. The average molecular weight is 364 g/mol. The Hall–Kier alpha value is -2.40. The molecule has 0 spiro atoms. The summed E-state index contributed by atoms with van der Waals surface area (Å²) in [5, 5.41) is 1.07. The van der Waals surface area contributed by atoms with E-state index < -0.39 is 0 Å². The summed E-state index contributed by atoms with van der Waals surface area (Å²) in [6.07, 6.45) is 3.48. The van der Waals surface area contributed by atoms with Crippen LogP contribution in [0.15, 0.2) is 58.5 Å². The molecule has 0 radical (unpaired) electrons. The number of ketones is 1. The molecule has 1 atom stereocenters. The van der Waals surface area contributed by atoms with Gasteiger partial charge in [0.25, 0.3) is 5.56 Å². The normalized spacial score (nSPS) is 17.6. The van der Waals surface area contributed by atoms with Gasteiger partial charge in [-0.25, -0.2) is 4.98 Å². The fraction of sp³-hybridized carbons (Fsp3) is 0.286. The van der Waals surface area contributed by atoms with Gasteiger partial charge in [0, 0.05) is 6.42 Å². The number of aryl methyl sites for hydroxylation is 1. The molecule has 0 bridgehead atoms. The number of hydrogen-bond acceptors (Lipinski definition) is 4. The number of aromatic nitrogens is 2. The number of nitrogens with zero attached hydrogens (tertiary/aromatic N) is 2. The van der Waals surface area contributed by atoms with Gasteiger partial charge in [-0.1, -0.05) is 48.0 Å². The molecule has 0 aliphatic heterocycles. The van der Waals surface area contributed by atoms with E-state index in [9.17, 15) is 9.59 Å². The molecule has 1 saturated carbocycles. The predicted octanol–water partition coefficient (Wildman–Crippen LogP) is 4.30. The predicted molar refractivity (Wildman–Crippen MR) is 105 cm³/mol. The molecule has 5 heteroatoms. The van der Waals surface area contributed by atoms with Crippen LogP contribution in [0.1, 0.15) is 31.2 Å². The van der Waals surface area contributed by atoms with Gasteiger partial charge in [-0.05, 0) is 44.0 Å². The summed E-state index contributed by atoms with van der Waals surface area (Å²) in [6, 6.07) is 15.2. The minimum absolute atomic E-state index is 0.0924. The Balaban J connectivity index is 1.89. The zero-order chi connectivity index (χ0) is 18.1. The second-order valence-corrected chi connectivity index (χ2v) is 7.88. The summed E-state index contributed by atoms with van der Waals surface area (Å²) in [7, 11) is 0. The van der Waals surface area contributed by atoms with Crippen molar-refractivity contribution in [2.45, 2.75) is 43.0 Å². The van der Waals surface area contributed by atoms with Crippen molar-refractivity contribution in [3.05, 3.63) is 64.4 Å². The van der Waals surface area contributed by atoms with E-state index in [4.69, 9.17) is 4.98 Å². The Morgan fingerprint density at radius 3 is 2.58 bits per heavy atom. The minimum atomic E-state index is -0.117. The van der Waals surface area contributed by atoms with Crippen molar-refractivity contribution in [2.75, 3.05) is 0 Å². The van der Waals surface area contributed by atoms with Gasteiger partial charge < -0.3 is 0 Å². The monoisotopic (exact) mass is 364 g/mol. The second kappa shape index (κ2) is 7.08. The van der Waals surface area contributed by atoms with Crippen LogP contribution in [0.3, 0.4) is 0 Å². The van der Waals surface area contributed by atoms with Gasteiger partial charge in [-0.2, -0.15) is 0 Å². The highest BCUT2D eigenvalue weighted by Crippen LogP contribution is 2.32. The van der Waals surface area contributed by atoms with Crippen molar-refractivity contribution in [3.63, 3.8) is 0 Å². The highest BCUT2D eigenvalue weighted by atomic mass is 32.2. The zero-order valence-corrected chi connectivity index (χ0v) is 15.5. The van der Waals surface area contributed by atoms with Crippen LogP contribution in [0.4, 0.5) is 0 Å². The van der Waals surface area contributed by atoms with Crippen molar-refractivity contribution in [2.24, 2.45) is 0 Å². The fourth-order valence-corrected chi connectivity index (χ4v) is 4.55. The first-order valence-corrected chi connectivity index (χ1v) is 9.79. The molecule has 1 aromatic heterocycles. The van der Waals surface area contributed by atoms with Crippen LogP contribution >= 0.6 is 11.8 Å². The van der Waals surface area contributed by atoms with E-state index >= 15 is 0 Å². The van der Waals surface area contributed by atoms with Crippen LogP contribution in [-0.4, -0.2) is 20.6 Å². The van der Waals surface area contributed by atoms with Crippen LogP contribution in [0.2, 0.25) is 0 Å². The number of rotatable bonds is 3. The standard InChI is InChI=1S/C21H20N2O2S/c1-14-10-12-15(13-11-14)23-20(25)16-6-2-3-7-17(16)22-21(23)26-19-9-5-4-8-18(19)24/h2-3,6-7,10-13,19H,4-5,8-9H2,1H3/t19-/m0/s1. The number of carbonyl (C=O) groups is 1. The lowest BCUT2D eigenvalue weighted by Crippen LogP contribution is -2.26. The molecular formula is C21H20N2O2S. The molecule has 0 unspecified atom stereocenters. The first kappa shape index (κ1) is 17.0. The molecule has 1 aliphatic carbocycles. The van der Waals surface area contributed by atoms with Gasteiger partial charge in [-0.15, -0.1) is 0 Å². The molecule has 1 aliphatic rings. The lowest BCUT2D eigenvalue weighted by molar-refractivity contribution is -0.119. The van der Waals surface area contributed by atoms with Gasteiger partial charge >= 0.3 is 0 Å². The van der Waals surface area contributed by atoms with E-state index in [0.29, 0.717) is 22.5 Å². The molecule has 4 nitrogen and oxygen atoms in total. The van der Waals surface area contributed by atoms with Gasteiger partial charge in [0.2, 0.25) is 0 Å². The number of para-hydroxylation sites is 1. The van der Waals surface area contributed by atoms with Crippen LogP contribution < -0.4 is 5.56 Å². The lowest BCUT2D eigenvalue weighted by atomic mass is 9.99.